The van der Waals surface area contributed by atoms with Crippen LogP contribution in [0.15, 0.2) is 66.7 Å². The van der Waals surface area contributed by atoms with Crippen LogP contribution in [0.2, 0.25) is 0 Å². The maximum atomic E-state index is 12.5. The normalized spacial score (nSPS) is 14.7. The molecule has 182 valence electrons. The summed E-state index contributed by atoms with van der Waals surface area (Å²) in [6.45, 7) is 2.57. The zero-order chi connectivity index (χ0) is 24.8. The number of hydrogen-bond acceptors (Lipinski definition) is 4. The lowest BCUT2D eigenvalue weighted by Crippen LogP contribution is -2.26. The standard InChI is InChI=1S/C28H32N4O3/c1-19(33)29-23-8-12-26(13-9-23)35-27-14-10-24(11-15-27)30-28(34)31-25-7-6-21-16-20(18-32(2)3)4-5-22(21)17-25/h6-15,17,20H,4-5,16,18H2,1-3H3,(H,29,33)(H2,30,31,34). The summed E-state index contributed by atoms with van der Waals surface area (Å²) in [7, 11) is 4.24. The van der Waals surface area contributed by atoms with Crippen molar-refractivity contribution in [1.82, 2.24) is 4.90 Å². The highest BCUT2D eigenvalue weighted by atomic mass is 16.5. The monoisotopic (exact) mass is 472 g/mol. The van der Waals surface area contributed by atoms with E-state index in [9.17, 15) is 9.59 Å². The third-order valence-electron chi connectivity index (χ3n) is 5.94. The Hall–Kier alpha value is -3.84. The molecule has 0 bridgehead atoms. The first-order chi connectivity index (χ1) is 16.8. The van der Waals surface area contributed by atoms with Crippen LogP contribution in [-0.4, -0.2) is 37.5 Å². The fourth-order valence-corrected chi connectivity index (χ4v) is 4.43. The van der Waals surface area contributed by atoms with Gasteiger partial charge in [-0.05, 0) is 111 Å². The molecule has 3 aromatic rings. The number of urea groups is 1. The summed E-state index contributed by atoms with van der Waals surface area (Å²) >= 11 is 0. The second-order valence-electron chi connectivity index (χ2n) is 9.27. The van der Waals surface area contributed by atoms with Crippen LogP contribution in [0.1, 0.15) is 24.5 Å². The molecule has 1 aliphatic rings. The lowest BCUT2D eigenvalue weighted by atomic mass is 9.83. The molecule has 0 aliphatic heterocycles. The minimum Gasteiger partial charge on any atom is -0.457 e. The first-order valence-electron chi connectivity index (χ1n) is 11.8. The Labute approximate surface area is 206 Å². The number of anilines is 3. The van der Waals surface area contributed by atoms with Crippen molar-refractivity contribution in [3.8, 4) is 11.5 Å². The second-order valence-corrected chi connectivity index (χ2v) is 9.27. The highest BCUT2D eigenvalue weighted by Gasteiger charge is 2.19. The summed E-state index contributed by atoms with van der Waals surface area (Å²) in [5.41, 5.74) is 4.89. The van der Waals surface area contributed by atoms with E-state index in [-0.39, 0.29) is 11.9 Å². The lowest BCUT2D eigenvalue weighted by Gasteiger charge is -2.27. The van der Waals surface area contributed by atoms with Crippen molar-refractivity contribution in [2.75, 3.05) is 36.6 Å². The smallest absolute Gasteiger partial charge is 0.323 e. The first-order valence-corrected chi connectivity index (χ1v) is 11.8. The SMILES string of the molecule is CC(=O)Nc1ccc(Oc2ccc(NC(=O)Nc3ccc4c(c3)CCC(CN(C)C)C4)cc2)cc1. The summed E-state index contributed by atoms with van der Waals surface area (Å²) in [4.78, 5) is 25.9. The predicted molar refractivity (Wildman–Crippen MR) is 140 cm³/mol. The van der Waals surface area contributed by atoms with Gasteiger partial charge in [-0.15, -0.1) is 0 Å². The Kier molecular flexibility index (Phi) is 7.67. The first kappa shape index (κ1) is 24.3. The molecule has 0 saturated heterocycles. The molecule has 0 spiro atoms. The van der Waals surface area contributed by atoms with Crippen molar-refractivity contribution in [3.05, 3.63) is 77.9 Å². The third-order valence-corrected chi connectivity index (χ3v) is 5.94. The van der Waals surface area contributed by atoms with Crippen molar-refractivity contribution >= 4 is 29.0 Å². The van der Waals surface area contributed by atoms with Gasteiger partial charge >= 0.3 is 6.03 Å². The molecule has 1 atom stereocenters. The Morgan fingerprint density at radius 1 is 0.829 bits per heavy atom. The van der Waals surface area contributed by atoms with E-state index >= 15 is 0 Å². The number of nitrogens with one attached hydrogen (secondary N) is 3. The van der Waals surface area contributed by atoms with Gasteiger partial charge in [0.05, 0.1) is 0 Å². The molecule has 1 unspecified atom stereocenters. The van der Waals surface area contributed by atoms with Crippen molar-refractivity contribution in [1.29, 1.82) is 0 Å². The van der Waals surface area contributed by atoms with Gasteiger partial charge in [0.2, 0.25) is 5.91 Å². The topological polar surface area (TPSA) is 82.7 Å². The summed E-state index contributed by atoms with van der Waals surface area (Å²) in [6.07, 6.45) is 3.31. The average molecular weight is 473 g/mol. The molecule has 35 heavy (non-hydrogen) atoms. The van der Waals surface area contributed by atoms with Crippen molar-refractivity contribution in [2.24, 2.45) is 5.92 Å². The molecular formula is C28H32N4O3. The quantitative estimate of drug-likeness (QED) is 0.409. The number of nitrogens with zero attached hydrogens (tertiary/aromatic N) is 1. The van der Waals surface area contributed by atoms with Gasteiger partial charge in [0, 0.05) is 30.5 Å². The zero-order valence-electron chi connectivity index (χ0n) is 20.4. The van der Waals surface area contributed by atoms with Gasteiger partial charge < -0.3 is 25.6 Å². The molecule has 3 N–H and O–H groups in total. The summed E-state index contributed by atoms with van der Waals surface area (Å²) in [5, 5.41) is 8.52. The van der Waals surface area contributed by atoms with E-state index in [4.69, 9.17) is 4.74 Å². The Bertz CT molecular complexity index is 1170. The molecule has 0 saturated carbocycles. The van der Waals surface area contributed by atoms with Gasteiger partial charge in [0.25, 0.3) is 0 Å². The molecule has 3 aromatic carbocycles. The van der Waals surface area contributed by atoms with E-state index in [1.807, 2.05) is 6.07 Å². The largest absolute Gasteiger partial charge is 0.457 e. The van der Waals surface area contributed by atoms with Crippen molar-refractivity contribution in [3.63, 3.8) is 0 Å². The molecule has 7 nitrogen and oxygen atoms in total. The minimum atomic E-state index is -0.284. The number of amides is 3. The van der Waals surface area contributed by atoms with Crippen LogP contribution in [0.25, 0.3) is 0 Å². The number of carbonyl (C=O) groups is 2. The fourth-order valence-electron chi connectivity index (χ4n) is 4.43. The van der Waals surface area contributed by atoms with Crippen LogP contribution in [0, 0.1) is 5.92 Å². The maximum absolute atomic E-state index is 12.5. The molecular weight excluding hydrogens is 440 g/mol. The molecule has 3 amide bonds. The number of fused-ring (bicyclic) bond motifs is 1. The van der Waals surface area contributed by atoms with Crippen LogP contribution >= 0.6 is 0 Å². The number of carbonyl (C=O) groups excluding carboxylic acids is 2. The van der Waals surface area contributed by atoms with Gasteiger partial charge in [-0.2, -0.15) is 0 Å². The van der Waals surface area contributed by atoms with E-state index < -0.39 is 0 Å². The number of benzene rings is 3. The number of rotatable bonds is 7. The van der Waals surface area contributed by atoms with Gasteiger partial charge in [-0.25, -0.2) is 4.79 Å². The van der Waals surface area contributed by atoms with E-state index in [0.717, 1.165) is 25.1 Å². The third kappa shape index (κ3) is 7.07. The molecule has 4 rings (SSSR count). The van der Waals surface area contributed by atoms with E-state index in [1.54, 1.807) is 48.5 Å². The summed E-state index contributed by atoms with van der Waals surface area (Å²) < 4.78 is 5.83. The molecule has 0 fully saturated rings. The zero-order valence-corrected chi connectivity index (χ0v) is 20.4. The Morgan fingerprint density at radius 2 is 1.40 bits per heavy atom. The molecule has 1 aliphatic carbocycles. The fraction of sp³-hybridized carbons (Fsp3) is 0.286. The Balaban J connectivity index is 1.29. The van der Waals surface area contributed by atoms with Crippen LogP contribution in [0.3, 0.4) is 0 Å². The van der Waals surface area contributed by atoms with Crippen LogP contribution < -0.4 is 20.7 Å². The number of aryl methyl sites for hydroxylation is 1. The molecule has 0 aromatic heterocycles. The minimum absolute atomic E-state index is 0.119. The van der Waals surface area contributed by atoms with Crippen LogP contribution in [0.5, 0.6) is 11.5 Å². The summed E-state index contributed by atoms with van der Waals surface area (Å²) in [5.74, 6) is 1.87. The van der Waals surface area contributed by atoms with Gasteiger partial charge in [0.1, 0.15) is 11.5 Å². The molecule has 0 radical (unpaired) electrons. The highest BCUT2D eigenvalue weighted by molar-refractivity contribution is 5.99. The molecule has 0 heterocycles. The van der Waals surface area contributed by atoms with Crippen molar-refractivity contribution < 1.29 is 14.3 Å². The average Bonchev–Trinajstić information content (AvgIpc) is 2.81. The van der Waals surface area contributed by atoms with Gasteiger partial charge in [0.15, 0.2) is 0 Å². The number of ether oxygens (including phenoxy) is 1. The van der Waals surface area contributed by atoms with Gasteiger partial charge in [-0.3, -0.25) is 4.79 Å². The maximum Gasteiger partial charge on any atom is 0.323 e. The van der Waals surface area contributed by atoms with Gasteiger partial charge in [-0.1, -0.05) is 6.07 Å². The van der Waals surface area contributed by atoms with Crippen LogP contribution in [0.4, 0.5) is 21.9 Å². The van der Waals surface area contributed by atoms with Crippen LogP contribution in [-0.2, 0) is 17.6 Å². The summed E-state index contributed by atoms with van der Waals surface area (Å²) in [6, 6.07) is 20.2. The number of hydrogen-bond donors (Lipinski definition) is 3. The Morgan fingerprint density at radius 3 is 2.00 bits per heavy atom. The van der Waals surface area contributed by atoms with E-state index in [2.05, 4.69) is 47.1 Å². The van der Waals surface area contributed by atoms with Crippen molar-refractivity contribution in [2.45, 2.75) is 26.2 Å². The lowest BCUT2D eigenvalue weighted by molar-refractivity contribution is -0.114. The van der Waals surface area contributed by atoms with E-state index in [1.165, 1.54) is 24.5 Å². The van der Waals surface area contributed by atoms with E-state index in [0.29, 0.717) is 28.8 Å². The predicted octanol–water partition coefficient (Wildman–Crippen LogP) is 5.75. The second kappa shape index (κ2) is 11.1. The highest BCUT2D eigenvalue weighted by Crippen LogP contribution is 2.29. The molecule has 7 heteroatoms.